The number of benzene rings is 1. The van der Waals surface area contributed by atoms with Crippen LogP contribution in [0.5, 0.6) is 0 Å². The van der Waals surface area contributed by atoms with Crippen LogP contribution < -0.4 is 5.73 Å². The molecule has 2 N–H and O–H groups in total. The molecule has 0 bridgehead atoms. The van der Waals surface area contributed by atoms with Crippen molar-refractivity contribution in [2.45, 2.75) is 31.3 Å². The van der Waals surface area contributed by atoms with E-state index in [2.05, 4.69) is 29.2 Å². The maximum absolute atomic E-state index is 6.33. The Morgan fingerprint density at radius 3 is 2.33 bits per heavy atom. The summed E-state index contributed by atoms with van der Waals surface area (Å²) in [5.41, 5.74) is 8.98. The summed E-state index contributed by atoms with van der Waals surface area (Å²) in [7, 11) is 0. The maximum atomic E-state index is 6.33. The van der Waals surface area contributed by atoms with E-state index in [-0.39, 0.29) is 5.54 Å². The van der Waals surface area contributed by atoms with Crippen molar-refractivity contribution in [2.75, 3.05) is 26.3 Å². The molecule has 1 saturated heterocycles. The summed E-state index contributed by atoms with van der Waals surface area (Å²) in [6.07, 6.45) is 3.54. The zero-order valence-corrected chi connectivity index (χ0v) is 10.9. The second-order valence-electron chi connectivity index (χ2n) is 5.60. The molecule has 3 heteroatoms. The van der Waals surface area contributed by atoms with Crippen LogP contribution in [-0.4, -0.2) is 31.2 Å². The summed E-state index contributed by atoms with van der Waals surface area (Å²) in [6, 6.07) is 8.90. The monoisotopic (exact) mass is 246 g/mol. The summed E-state index contributed by atoms with van der Waals surface area (Å²) >= 11 is 0. The number of hydrogen-bond acceptors (Lipinski definition) is 3. The van der Waals surface area contributed by atoms with Gasteiger partial charge in [-0.25, -0.2) is 0 Å². The fourth-order valence-corrected chi connectivity index (χ4v) is 2.81. The number of nitrogens with two attached hydrogens (primary N) is 1. The molecule has 3 rings (SSSR count). The topological polar surface area (TPSA) is 38.5 Å². The van der Waals surface area contributed by atoms with Crippen molar-refractivity contribution in [1.82, 2.24) is 4.90 Å². The molecule has 0 radical (unpaired) electrons. The first kappa shape index (κ1) is 12.2. The molecule has 0 aromatic heterocycles. The van der Waals surface area contributed by atoms with Crippen LogP contribution in [0.1, 0.15) is 30.4 Å². The van der Waals surface area contributed by atoms with Gasteiger partial charge in [-0.05, 0) is 30.4 Å². The van der Waals surface area contributed by atoms with E-state index in [0.29, 0.717) is 0 Å². The third-order valence-corrected chi connectivity index (χ3v) is 4.28. The molecular formula is C15H22N2O. The van der Waals surface area contributed by atoms with Gasteiger partial charge in [0, 0.05) is 25.2 Å². The van der Waals surface area contributed by atoms with Gasteiger partial charge in [-0.2, -0.15) is 0 Å². The van der Waals surface area contributed by atoms with Crippen LogP contribution in [0.4, 0.5) is 0 Å². The summed E-state index contributed by atoms with van der Waals surface area (Å²) < 4.78 is 5.37. The standard InChI is InChI=1S/C15H22N2O/c16-15(6-1-7-15)14-4-2-13(3-5-14)12-17-8-10-18-11-9-17/h2-5H,1,6-12,16H2. The lowest BCUT2D eigenvalue weighted by Gasteiger charge is -2.38. The highest BCUT2D eigenvalue weighted by Gasteiger charge is 2.33. The van der Waals surface area contributed by atoms with Gasteiger partial charge in [0.05, 0.1) is 13.2 Å². The second kappa shape index (κ2) is 5.00. The lowest BCUT2D eigenvalue weighted by atomic mass is 9.73. The quantitative estimate of drug-likeness (QED) is 0.884. The minimum atomic E-state index is -0.0303. The van der Waals surface area contributed by atoms with Gasteiger partial charge in [0.1, 0.15) is 0 Å². The van der Waals surface area contributed by atoms with Gasteiger partial charge in [-0.3, -0.25) is 4.90 Å². The van der Waals surface area contributed by atoms with Gasteiger partial charge in [-0.15, -0.1) is 0 Å². The van der Waals surface area contributed by atoms with E-state index in [9.17, 15) is 0 Å². The van der Waals surface area contributed by atoms with E-state index < -0.39 is 0 Å². The van der Waals surface area contributed by atoms with Gasteiger partial charge < -0.3 is 10.5 Å². The van der Waals surface area contributed by atoms with Crippen molar-refractivity contribution in [1.29, 1.82) is 0 Å². The molecule has 0 unspecified atom stereocenters. The number of ether oxygens (including phenoxy) is 1. The van der Waals surface area contributed by atoms with Gasteiger partial charge in [-0.1, -0.05) is 24.3 Å². The van der Waals surface area contributed by atoms with E-state index in [4.69, 9.17) is 10.5 Å². The smallest absolute Gasteiger partial charge is 0.0594 e. The van der Waals surface area contributed by atoms with Crippen LogP contribution in [-0.2, 0) is 16.8 Å². The first-order valence-corrected chi connectivity index (χ1v) is 6.95. The fraction of sp³-hybridized carbons (Fsp3) is 0.600. The predicted molar refractivity (Wildman–Crippen MR) is 72.3 cm³/mol. The molecule has 2 aliphatic rings. The molecule has 1 aliphatic carbocycles. The Labute approximate surface area is 109 Å². The lowest BCUT2D eigenvalue weighted by Crippen LogP contribution is -2.43. The normalized spacial score (nSPS) is 23.6. The molecular weight excluding hydrogens is 224 g/mol. The van der Waals surface area contributed by atoms with Gasteiger partial charge in [0.2, 0.25) is 0 Å². The SMILES string of the molecule is NC1(c2ccc(CN3CCOCC3)cc2)CCC1. The minimum Gasteiger partial charge on any atom is -0.379 e. The zero-order chi connectivity index (χ0) is 12.4. The van der Waals surface area contributed by atoms with Crippen LogP contribution in [0.15, 0.2) is 24.3 Å². The van der Waals surface area contributed by atoms with Crippen molar-refractivity contribution in [3.8, 4) is 0 Å². The zero-order valence-electron chi connectivity index (χ0n) is 10.9. The summed E-state index contributed by atoms with van der Waals surface area (Å²) in [6.45, 7) is 4.85. The Morgan fingerprint density at radius 2 is 1.78 bits per heavy atom. The Morgan fingerprint density at radius 1 is 1.11 bits per heavy atom. The molecule has 18 heavy (non-hydrogen) atoms. The highest BCUT2D eigenvalue weighted by atomic mass is 16.5. The van der Waals surface area contributed by atoms with Crippen molar-refractivity contribution < 1.29 is 4.74 Å². The molecule has 1 saturated carbocycles. The first-order chi connectivity index (χ1) is 8.76. The molecule has 98 valence electrons. The first-order valence-electron chi connectivity index (χ1n) is 6.95. The van der Waals surface area contributed by atoms with Gasteiger partial charge in [0.25, 0.3) is 0 Å². The molecule has 1 aromatic carbocycles. The van der Waals surface area contributed by atoms with Crippen molar-refractivity contribution in [3.63, 3.8) is 0 Å². The van der Waals surface area contributed by atoms with E-state index in [1.807, 2.05) is 0 Å². The fourth-order valence-electron chi connectivity index (χ4n) is 2.81. The van der Waals surface area contributed by atoms with Gasteiger partial charge >= 0.3 is 0 Å². The van der Waals surface area contributed by atoms with Crippen LogP contribution in [0.25, 0.3) is 0 Å². The largest absolute Gasteiger partial charge is 0.379 e. The van der Waals surface area contributed by atoms with Crippen molar-refractivity contribution in [3.05, 3.63) is 35.4 Å². The summed E-state index contributed by atoms with van der Waals surface area (Å²) in [5.74, 6) is 0. The number of hydrogen-bond donors (Lipinski definition) is 1. The minimum absolute atomic E-state index is 0.0303. The van der Waals surface area contributed by atoms with E-state index in [0.717, 1.165) is 45.7 Å². The number of nitrogens with zero attached hydrogens (tertiary/aromatic N) is 1. The third-order valence-electron chi connectivity index (χ3n) is 4.28. The predicted octanol–water partition coefficient (Wildman–Crippen LogP) is 1.86. The number of rotatable bonds is 3. The van der Waals surface area contributed by atoms with Crippen LogP contribution in [0.2, 0.25) is 0 Å². The average Bonchev–Trinajstić information content (AvgIpc) is 2.38. The molecule has 3 nitrogen and oxygen atoms in total. The van der Waals surface area contributed by atoms with Crippen molar-refractivity contribution in [2.24, 2.45) is 5.73 Å². The average molecular weight is 246 g/mol. The molecule has 0 atom stereocenters. The molecule has 1 aliphatic heterocycles. The molecule has 1 aromatic rings. The number of morpholine rings is 1. The lowest BCUT2D eigenvalue weighted by molar-refractivity contribution is 0.0342. The van der Waals surface area contributed by atoms with Crippen molar-refractivity contribution >= 4 is 0 Å². The molecule has 0 spiro atoms. The highest BCUT2D eigenvalue weighted by molar-refractivity contribution is 5.30. The van der Waals surface area contributed by atoms with E-state index in [1.54, 1.807) is 0 Å². The Kier molecular flexibility index (Phi) is 3.37. The van der Waals surface area contributed by atoms with Gasteiger partial charge in [0.15, 0.2) is 0 Å². The Bertz CT molecular complexity index is 391. The van der Waals surface area contributed by atoms with Crippen LogP contribution >= 0.6 is 0 Å². The van der Waals surface area contributed by atoms with Crippen LogP contribution in [0, 0.1) is 0 Å². The Balaban J connectivity index is 1.63. The summed E-state index contributed by atoms with van der Waals surface area (Å²) in [4.78, 5) is 2.44. The Hall–Kier alpha value is -0.900. The summed E-state index contributed by atoms with van der Waals surface area (Å²) in [5, 5.41) is 0. The molecule has 2 fully saturated rings. The second-order valence-corrected chi connectivity index (χ2v) is 5.60. The van der Waals surface area contributed by atoms with E-state index >= 15 is 0 Å². The highest BCUT2D eigenvalue weighted by Crippen LogP contribution is 2.38. The molecule has 1 heterocycles. The third kappa shape index (κ3) is 2.44. The van der Waals surface area contributed by atoms with Crippen LogP contribution in [0.3, 0.4) is 0 Å². The maximum Gasteiger partial charge on any atom is 0.0594 e. The molecule has 0 amide bonds. The van der Waals surface area contributed by atoms with E-state index in [1.165, 1.54) is 17.5 Å².